The highest BCUT2D eigenvalue weighted by Gasteiger charge is 2.16. The first kappa shape index (κ1) is 13.1. The van der Waals surface area contributed by atoms with E-state index in [1.807, 2.05) is 30.1 Å². The highest BCUT2D eigenvalue weighted by molar-refractivity contribution is 5.78. The smallest absolute Gasteiger partial charge is 0.236 e. The molecule has 0 aliphatic carbocycles. The number of nitrogens with zero attached hydrogens (tertiary/aromatic N) is 2. The number of amides is 1. The number of likely N-dealkylation sites (tertiary alicyclic amines) is 1. The van der Waals surface area contributed by atoms with Gasteiger partial charge in [0.2, 0.25) is 5.91 Å². The summed E-state index contributed by atoms with van der Waals surface area (Å²) in [5, 5.41) is 0. The zero-order valence-corrected chi connectivity index (χ0v) is 11.1. The van der Waals surface area contributed by atoms with Gasteiger partial charge < -0.3 is 4.90 Å². The van der Waals surface area contributed by atoms with Crippen molar-refractivity contribution in [3.63, 3.8) is 0 Å². The molecule has 1 aromatic rings. The average molecular weight is 246 g/mol. The van der Waals surface area contributed by atoms with Gasteiger partial charge in [0.15, 0.2) is 0 Å². The van der Waals surface area contributed by atoms with Crippen LogP contribution in [0.25, 0.3) is 0 Å². The lowest BCUT2D eigenvalue weighted by Gasteiger charge is -2.28. The first-order valence-electron chi connectivity index (χ1n) is 6.76. The predicted molar refractivity (Wildman–Crippen MR) is 73.2 cm³/mol. The molecule has 1 aliphatic heterocycles. The van der Waals surface area contributed by atoms with E-state index in [0.717, 1.165) is 13.1 Å². The Labute approximate surface area is 109 Å². The van der Waals surface area contributed by atoms with Gasteiger partial charge in [-0.1, -0.05) is 36.8 Å². The van der Waals surface area contributed by atoms with Crippen LogP contribution < -0.4 is 0 Å². The minimum absolute atomic E-state index is 0.223. The van der Waals surface area contributed by atoms with Crippen molar-refractivity contribution in [2.45, 2.75) is 25.8 Å². The van der Waals surface area contributed by atoms with E-state index < -0.39 is 0 Å². The minimum atomic E-state index is 0.223. The zero-order valence-electron chi connectivity index (χ0n) is 11.1. The Hall–Kier alpha value is -1.35. The normalized spacial score (nSPS) is 16.5. The Kier molecular flexibility index (Phi) is 4.76. The maximum atomic E-state index is 12.1. The van der Waals surface area contributed by atoms with Crippen LogP contribution in [0.5, 0.6) is 0 Å². The summed E-state index contributed by atoms with van der Waals surface area (Å²) in [6.07, 6.45) is 3.77. The lowest BCUT2D eigenvalue weighted by atomic mass is 10.1. The number of benzene rings is 1. The molecule has 0 N–H and O–H groups in total. The second-order valence-corrected chi connectivity index (χ2v) is 5.07. The molecular formula is C15H22N2O. The van der Waals surface area contributed by atoms with E-state index in [4.69, 9.17) is 0 Å². The Morgan fingerprint density at radius 2 is 1.83 bits per heavy atom. The van der Waals surface area contributed by atoms with E-state index in [-0.39, 0.29) is 5.91 Å². The maximum Gasteiger partial charge on any atom is 0.236 e. The molecule has 1 aliphatic rings. The van der Waals surface area contributed by atoms with Crippen LogP contribution in [-0.4, -0.2) is 42.4 Å². The van der Waals surface area contributed by atoms with E-state index in [2.05, 4.69) is 17.0 Å². The molecule has 0 bridgehead atoms. The van der Waals surface area contributed by atoms with Crippen molar-refractivity contribution in [1.82, 2.24) is 9.80 Å². The van der Waals surface area contributed by atoms with Crippen LogP contribution >= 0.6 is 0 Å². The number of carbonyl (C=O) groups is 1. The molecule has 1 aromatic carbocycles. The molecule has 1 amide bonds. The summed E-state index contributed by atoms with van der Waals surface area (Å²) in [4.78, 5) is 16.2. The van der Waals surface area contributed by atoms with Crippen molar-refractivity contribution in [3.05, 3.63) is 35.9 Å². The van der Waals surface area contributed by atoms with Gasteiger partial charge in [0.25, 0.3) is 0 Å². The van der Waals surface area contributed by atoms with E-state index >= 15 is 0 Å². The minimum Gasteiger partial charge on any atom is -0.340 e. The summed E-state index contributed by atoms with van der Waals surface area (Å²) in [5.41, 5.74) is 1.19. The van der Waals surface area contributed by atoms with E-state index in [1.165, 1.54) is 24.8 Å². The van der Waals surface area contributed by atoms with Crippen molar-refractivity contribution < 1.29 is 4.79 Å². The lowest BCUT2D eigenvalue weighted by molar-refractivity contribution is -0.131. The van der Waals surface area contributed by atoms with Crippen molar-refractivity contribution in [3.8, 4) is 0 Å². The fourth-order valence-electron chi connectivity index (χ4n) is 2.37. The Balaban J connectivity index is 1.81. The zero-order chi connectivity index (χ0) is 12.8. The molecule has 1 fully saturated rings. The van der Waals surface area contributed by atoms with Gasteiger partial charge in [0.05, 0.1) is 6.54 Å². The van der Waals surface area contributed by atoms with Crippen molar-refractivity contribution in [1.29, 1.82) is 0 Å². The van der Waals surface area contributed by atoms with Crippen LogP contribution in [0.3, 0.4) is 0 Å². The van der Waals surface area contributed by atoms with E-state index in [1.54, 1.807) is 0 Å². The first-order chi connectivity index (χ1) is 8.75. The lowest BCUT2D eigenvalue weighted by Crippen LogP contribution is -2.40. The molecule has 3 heteroatoms. The third-order valence-corrected chi connectivity index (χ3v) is 3.50. The summed E-state index contributed by atoms with van der Waals surface area (Å²) in [6, 6.07) is 10.1. The monoisotopic (exact) mass is 246 g/mol. The largest absolute Gasteiger partial charge is 0.340 e. The Bertz CT molecular complexity index is 371. The molecule has 0 radical (unpaired) electrons. The molecule has 0 spiro atoms. The SMILES string of the molecule is CN(Cc1ccccc1)C(=O)CN1CCCCC1. The predicted octanol–water partition coefficient (Wildman–Crippen LogP) is 2.13. The van der Waals surface area contributed by atoms with Gasteiger partial charge >= 0.3 is 0 Å². The number of hydrogen-bond donors (Lipinski definition) is 0. The molecule has 3 nitrogen and oxygen atoms in total. The molecule has 2 rings (SSSR count). The molecule has 0 unspecified atom stereocenters. The van der Waals surface area contributed by atoms with Gasteiger partial charge in [-0.05, 0) is 31.5 Å². The van der Waals surface area contributed by atoms with Gasteiger partial charge in [0, 0.05) is 13.6 Å². The third-order valence-electron chi connectivity index (χ3n) is 3.50. The Morgan fingerprint density at radius 1 is 1.17 bits per heavy atom. The van der Waals surface area contributed by atoms with Gasteiger partial charge in [-0.25, -0.2) is 0 Å². The number of carbonyl (C=O) groups excluding carboxylic acids is 1. The average Bonchev–Trinajstić information content (AvgIpc) is 2.41. The van der Waals surface area contributed by atoms with Crippen LogP contribution in [0.15, 0.2) is 30.3 Å². The number of likely N-dealkylation sites (N-methyl/N-ethyl adjacent to an activating group) is 1. The van der Waals surface area contributed by atoms with Crippen molar-refractivity contribution >= 4 is 5.91 Å². The van der Waals surface area contributed by atoms with Gasteiger partial charge in [-0.2, -0.15) is 0 Å². The summed E-state index contributed by atoms with van der Waals surface area (Å²) < 4.78 is 0. The van der Waals surface area contributed by atoms with Crippen molar-refractivity contribution in [2.24, 2.45) is 0 Å². The van der Waals surface area contributed by atoms with E-state index in [9.17, 15) is 4.79 Å². The molecular weight excluding hydrogens is 224 g/mol. The quantitative estimate of drug-likeness (QED) is 0.812. The maximum absolute atomic E-state index is 12.1. The fraction of sp³-hybridized carbons (Fsp3) is 0.533. The molecule has 0 atom stereocenters. The first-order valence-corrected chi connectivity index (χ1v) is 6.76. The summed E-state index contributed by atoms with van der Waals surface area (Å²) in [7, 11) is 1.89. The molecule has 18 heavy (non-hydrogen) atoms. The van der Waals surface area contributed by atoms with Crippen LogP contribution in [-0.2, 0) is 11.3 Å². The molecule has 0 saturated carbocycles. The van der Waals surface area contributed by atoms with Crippen LogP contribution in [0.4, 0.5) is 0 Å². The third kappa shape index (κ3) is 3.84. The standard InChI is InChI=1S/C15H22N2O/c1-16(12-14-8-4-2-5-9-14)15(18)13-17-10-6-3-7-11-17/h2,4-5,8-9H,3,6-7,10-13H2,1H3. The van der Waals surface area contributed by atoms with E-state index in [0.29, 0.717) is 13.1 Å². The van der Waals surface area contributed by atoms with Crippen LogP contribution in [0.1, 0.15) is 24.8 Å². The highest BCUT2D eigenvalue weighted by atomic mass is 16.2. The van der Waals surface area contributed by atoms with Crippen LogP contribution in [0.2, 0.25) is 0 Å². The summed E-state index contributed by atoms with van der Waals surface area (Å²) in [5.74, 6) is 0.223. The molecule has 98 valence electrons. The number of piperidine rings is 1. The summed E-state index contributed by atoms with van der Waals surface area (Å²) in [6.45, 7) is 3.42. The van der Waals surface area contributed by atoms with Crippen molar-refractivity contribution in [2.75, 3.05) is 26.7 Å². The second kappa shape index (κ2) is 6.55. The molecule has 0 aromatic heterocycles. The van der Waals surface area contributed by atoms with Gasteiger partial charge in [0.1, 0.15) is 0 Å². The number of hydrogen-bond acceptors (Lipinski definition) is 2. The molecule has 1 heterocycles. The fourth-order valence-corrected chi connectivity index (χ4v) is 2.37. The topological polar surface area (TPSA) is 23.6 Å². The number of rotatable bonds is 4. The molecule has 1 saturated heterocycles. The van der Waals surface area contributed by atoms with Gasteiger partial charge in [-0.15, -0.1) is 0 Å². The highest BCUT2D eigenvalue weighted by Crippen LogP contribution is 2.09. The second-order valence-electron chi connectivity index (χ2n) is 5.07. The van der Waals surface area contributed by atoms with Crippen LogP contribution in [0, 0.1) is 0 Å². The van der Waals surface area contributed by atoms with Gasteiger partial charge in [-0.3, -0.25) is 9.69 Å². The summed E-state index contributed by atoms with van der Waals surface area (Å²) >= 11 is 0. The Morgan fingerprint density at radius 3 is 2.50 bits per heavy atom.